The summed E-state index contributed by atoms with van der Waals surface area (Å²) in [5.41, 5.74) is 1.08. The van der Waals surface area contributed by atoms with E-state index in [0.29, 0.717) is 28.6 Å². The van der Waals surface area contributed by atoms with Crippen LogP contribution >= 0.6 is 0 Å². The van der Waals surface area contributed by atoms with Crippen molar-refractivity contribution in [1.82, 2.24) is 20.6 Å². The molecular formula is C20H15N5O3. The number of hydrogen-bond acceptors (Lipinski definition) is 6. The van der Waals surface area contributed by atoms with E-state index in [4.69, 9.17) is 9.47 Å². The van der Waals surface area contributed by atoms with E-state index < -0.39 is 6.10 Å². The highest BCUT2D eigenvalue weighted by Gasteiger charge is 2.28. The number of aromatic amines is 1. The number of para-hydroxylation sites is 1. The summed E-state index contributed by atoms with van der Waals surface area (Å²) in [6, 6.07) is 18.8. The molecule has 8 nitrogen and oxygen atoms in total. The lowest BCUT2D eigenvalue weighted by atomic mass is 10.1. The maximum Gasteiger partial charge on any atom is 0.255 e. The van der Waals surface area contributed by atoms with E-state index in [2.05, 4.69) is 25.9 Å². The van der Waals surface area contributed by atoms with Gasteiger partial charge >= 0.3 is 0 Å². The molecule has 0 aliphatic carbocycles. The molecule has 2 heterocycles. The van der Waals surface area contributed by atoms with Gasteiger partial charge in [-0.25, -0.2) is 0 Å². The normalized spacial score (nSPS) is 15.4. The SMILES string of the molecule is O=C(Nc1cccc2c1OC(c1nn[nH]n1)CO2)c1ccc2ccccc2c1. The largest absolute Gasteiger partial charge is 0.485 e. The Kier molecular flexibility index (Phi) is 3.86. The lowest BCUT2D eigenvalue weighted by Crippen LogP contribution is -2.24. The van der Waals surface area contributed by atoms with Crippen molar-refractivity contribution < 1.29 is 14.3 Å². The lowest BCUT2D eigenvalue weighted by molar-refractivity contribution is 0.0856. The topological polar surface area (TPSA) is 102 Å². The number of benzene rings is 3. The number of rotatable bonds is 3. The zero-order valence-corrected chi connectivity index (χ0v) is 14.6. The lowest BCUT2D eigenvalue weighted by Gasteiger charge is -2.26. The van der Waals surface area contributed by atoms with Crippen LogP contribution in [0.15, 0.2) is 60.7 Å². The quantitative estimate of drug-likeness (QED) is 0.572. The maximum atomic E-state index is 12.8. The highest BCUT2D eigenvalue weighted by molar-refractivity contribution is 6.07. The summed E-state index contributed by atoms with van der Waals surface area (Å²) in [7, 11) is 0. The average Bonchev–Trinajstić information content (AvgIpc) is 3.28. The Morgan fingerprint density at radius 1 is 1.07 bits per heavy atom. The summed E-state index contributed by atoms with van der Waals surface area (Å²) in [5.74, 6) is 1.15. The van der Waals surface area contributed by atoms with Gasteiger partial charge in [-0.2, -0.15) is 5.21 Å². The van der Waals surface area contributed by atoms with Gasteiger partial charge in [0, 0.05) is 5.56 Å². The standard InChI is InChI=1S/C20H15N5O3/c26-20(14-9-8-12-4-1-2-5-13(12)10-14)21-15-6-3-7-16-18(15)28-17(11-27-16)19-22-24-25-23-19/h1-10,17H,11H2,(H,21,26)(H,22,23,24,25). The fourth-order valence-electron chi connectivity index (χ4n) is 3.15. The third-order valence-electron chi connectivity index (χ3n) is 4.54. The van der Waals surface area contributed by atoms with Crippen molar-refractivity contribution in [3.8, 4) is 11.5 Å². The van der Waals surface area contributed by atoms with Crippen molar-refractivity contribution in [3.63, 3.8) is 0 Å². The predicted molar refractivity (Wildman–Crippen MR) is 101 cm³/mol. The van der Waals surface area contributed by atoms with Crippen LogP contribution in [-0.4, -0.2) is 33.1 Å². The van der Waals surface area contributed by atoms with E-state index in [1.807, 2.05) is 36.4 Å². The first-order valence-corrected chi connectivity index (χ1v) is 8.74. The number of anilines is 1. The zero-order valence-electron chi connectivity index (χ0n) is 14.6. The number of carbonyl (C=O) groups is 1. The number of aromatic nitrogens is 4. The number of hydrogen-bond donors (Lipinski definition) is 2. The van der Waals surface area contributed by atoms with Gasteiger partial charge in [0.1, 0.15) is 6.61 Å². The number of tetrazole rings is 1. The number of H-pyrrole nitrogens is 1. The summed E-state index contributed by atoms with van der Waals surface area (Å²) >= 11 is 0. The number of amides is 1. The third kappa shape index (κ3) is 2.90. The molecule has 28 heavy (non-hydrogen) atoms. The Morgan fingerprint density at radius 3 is 2.82 bits per heavy atom. The van der Waals surface area contributed by atoms with Gasteiger partial charge in [-0.15, -0.1) is 10.2 Å². The summed E-state index contributed by atoms with van der Waals surface area (Å²) in [4.78, 5) is 12.8. The van der Waals surface area contributed by atoms with Crippen LogP contribution in [0.1, 0.15) is 22.3 Å². The van der Waals surface area contributed by atoms with E-state index >= 15 is 0 Å². The number of carbonyl (C=O) groups excluding carboxylic acids is 1. The first kappa shape index (κ1) is 16.2. The van der Waals surface area contributed by atoms with E-state index in [1.54, 1.807) is 24.3 Å². The van der Waals surface area contributed by atoms with Gasteiger partial charge in [-0.3, -0.25) is 4.79 Å². The molecule has 1 amide bonds. The maximum absolute atomic E-state index is 12.8. The van der Waals surface area contributed by atoms with Crippen molar-refractivity contribution in [2.24, 2.45) is 0 Å². The zero-order chi connectivity index (χ0) is 18.9. The van der Waals surface area contributed by atoms with Gasteiger partial charge in [-0.1, -0.05) is 41.6 Å². The Bertz CT molecular complexity index is 1160. The van der Waals surface area contributed by atoms with Crippen molar-refractivity contribution in [3.05, 3.63) is 72.1 Å². The molecule has 1 atom stereocenters. The monoisotopic (exact) mass is 373 g/mol. The van der Waals surface area contributed by atoms with E-state index in [0.717, 1.165) is 10.8 Å². The van der Waals surface area contributed by atoms with Crippen LogP contribution in [0.4, 0.5) is 5.69 Å². The van der Waals surface area contributed by atoms with Gasteiger partial charge < -0.3 is 14.8 Å². The molecule has 0 spiro atoms. The highest BCUT2D eigenvalue weighted by Crippen LogP contribution is 2.41. The van der Waals surface area contributed by atoms with E-state index in [-0.39, 0.29) is 12.5 Å². The molecule has 0 bridgehead atoms. The average molecular weight is 373 g/mol. The first-order valence-electron chi connectivity index (χ1n) is 8.74. The van der Waals surface area contributed by atoms with Crippen molar-refractivity contribution in [1.29, 1.82) is 0 Å². The van der Waals surface area contributed by atoms with Crippen LogP contribution in [0.2, 0.25) is 0 Å². The molecule has 1 aliphatic heterocycles. The van der Waals surface area contributed by atoms with Crippen LogP contribution in [0.25, 0.3) is 10.8 Å². The Balaban J connectivity index is 1.43. The van der Waals surface area contributed by atoms with Gasteiger partial charge in [0.05, 0.1) is 5.69 Å². The fourth-order valence-corrected chi connectivity index (χ4v) is 3.15. The Hall–Kier alpha value is -3.94. The Morgan fingerprint density at radius 2 is 1.96 bits per heavy atom. The molecule has 3 aromatic carbocycles. The van der Waals surface area contributed by atoms with E-state index in [9.17, 15) is 4.79 Å². The molecular weight excluding hydrogens is 358 g/mol. The summed E-state index contributed by atoms with van der Waals surface area (Å²) in [6.07, 6.45) is -0.509. The first-order chi connectivity index (χ1) is 13.8. The molecule has 0 saturated heterocycles. The van der Waals surface area contributed by atoms with Crippen molar-refractivity contribution in [2.75, 3.05) is 11.9 Å². The van der Waals surface area contributed by atoms with Gasteiger partial charge in [0.15, 0.2) is 17.6 Å². The number of ether oxygens (including phenoxy) is 2. The molecule has 5 rings (SSSR count). The van der Waals surface area contributed by atoms with Crippen molar-refractivity contribution >= 4 is 22.4 Å². The van der Waals surface area contributed by atoms with Crippen LogP contribution < -0.4 is 14.8 Å². The molecule has 4 aromatic rings. The summed E-state index contributed by atoms with van der Waals surface area (Å²) in [6.45, 7) is 0.259. The Labute approximate surface area is 159 Å². The van der Waals surface area contributed by atoms with Crippen LogP contribution in [0.3, 0.4) is 0 Å². The minimum Gasteiger partial charge on any atom is -0.485 e. The van der Waals surface area contributed by atoms with E-state index in [1.165, 1.54) is 0 Å². The number of fused-ring (bicyclic) bond motifs is 2. The second-order valence-electron chi connectivity index (χ2n) is 6.34. The second-order valence-corrected chi connectivity index (χ2v) is 6.34. The molecule has 138 valence electrons. The molecule has 1 aliphatic rings. The molecule has 0 radical (unpaired) electrons. The minimum atomic E-state index is -0.509. The van der Waals surface area contributed by atoms with Crippen molar-refractivity contribution in [2.45, 2.75) is 6.10 Å². The van der Waals surface area contributed by atoms with Crippen LogP contribution in [0, 0.1) is 0 Å². The molecule has 0 saturated carbocycles. The van der Waals surface area contributed by atoms with Crippen LogP contribution in [-0.2, 0) is 0 Å². The molecule has 2 N–H and O–H groups in total. The molecule has 0 fully saturated rings. The fraction of sp³-hybridized carbons (Fsp3) is 0.100. The van der Waals surface area contributed by atoms with Gasteiger partial charge in [0.2, 0.25) is 5.82 Å². The molecule has 1 aromatic heterocycles. The van der Waals surface area contributed by atoms with Gasteiger partial charge in [-0.05, 0) is 35.0 Å². The number of nitrogens with one attached hydrogen (secondary N) is 2. The number of nitrogens with zero attached hydrogens (tertiary/aromatic N) is 3. The third-order valence-corrected chi connectivity index (χ3v) is 4.54. The predicted octanol–water partition coefficient (Wildman–Crippen LogP) is 3.12. The van der Waals surface area contributed by atoms with Crippen LogP contribution in [0.5, 0.6) is 11.5 Å². The smallest absolute Gasteiger partial charge is 0.255 e. The molecule has 8 heteroatoms. The van der Waals surface area contributed by atoms with Gasteiger partial charge in [0.25, 0.3) is 5.91 Å². The summed E-state index contributed by atoms with van der Waals surface area (Å²) < 4.78 is 11.7. The highest BCUT2D eigenvalue weighted by atomic mass is 16.6. The minimum absolute atomic E-state index is 0.232. The summed E-state index contributed by atoms with van der Waals surface area (Å²) in [5, 5.41) is 18.8. The second kappa shape index (κ2) is 6.66. The molecule has 1 unspecified atom stereocenters.